The van der Waals surface area contributed by atoms with E-state index in [4.69, 9.17) is 4.79 Å². The van der Waals surface area contributed by atoms with Crippen molar-refractivity contribution >= 4 is 6.47 Å². The number of carbonyl (C=O) groups excluding carboxylic acids is 1. The Morgan fingerprint density at radius 2 is 1.90 bits per heavy atom. The maximum atomic E-state index is 8.95. The van der Waals surface area contributed by atoms with Gasteiger partial charge in [0.15, 0.2) is 0 Å². The van der Waals surface area contributed by atoms with Crippen LogP contribution in [-0.4, -0.2) is 13.6 Å². The molecule has 0 saturated carbocycles. The number of ether oxygens (including phenoxy) is 1. The molecule has 0 aromatic rings. The second kappa shape index (κ2) is 11.3. The third-order valence-electron chi connectivity index (χ3n) is 0.962. The molecule has 0 saturated heterocycles. The molecule has 10 heavy (non-hydrogen) atoms. The standard InChI is InChI=1S/C6H14.C2H4O2/c1-4-5-6(2)3;1-4-2-3/h6H,4-5H2,1-3H3;2H,1H3. The van der Waals surface area contributed by atoms with Gasteiger partial charge >= 0.3 is 0 Å². The van der Waals surface area contributed by atoms with Gasteiger partial charge in [-0.05, 0) is 5.92 Å². The summed E-state index contributed by atoms with van der Waals surface area (Å²) in [4.78, 5) is 8.95. The zero-order valence-electron chi connectivity index (χ0n) is 7.39. The molecule has 0 fully saturated rings. The largest absolute Gasteiger partial charge is 0.471 e. The molecule has 0 heterocycles. The number of hydrogen-bond donors (Lipinski definition) is 0. The predicted octanol–water partition coefficient (Wildman–Crippen LogP) is 2.23. The summed E-state index contributed by atoms with van der Waals surface area (Å²) in [6, 6.07) is 0. The topological polar surface area (TPSA) is 26.3 Å². The van der Waals surface area contributed by atoms with Gasteiger partial charge in [0.2, 0.25) is 0 Å². The smallest absolute Gasteiger partial charge is 0.292 e. The van der Waals surface area contributed by atoms with E-state index < -0.39 is 0 Å². The number of hydrogen-bond acceptors (Lipinski definition) is 2. The van der Waals surface area contributed by atoms with Crippen molar-refractivity contribution in [3.8, 4) is 0 Å². The molecular formula is C8H18O2. The van der Waals surface area contributed by atoms with Crippen molar-refractivity contribution in [1.29, 1.82) is 0 Å². The van der Waals surface area contributed by atoms with E-state index in [2.05, 4.69) is 25.5 Å². The maximum Gasteiger partial charge on any atom is 0.292 e. The Kier molecular flexibility index (Phi) is 13.7. The molecule has 0 aromatic heterocycles. The zero-order valence-corrected chi connectivity index (χ0v) is 7.39. The maximum absolute atomic E-state index is 8.95. The molecule has 2 heteroatoms. The van der Waals surface area contributed by atoms with Crippen molar-refractivity contribution in [2.75, 3.05) is 7.11 Å². The molecule has 0 rings (SSSR count). The van der Waals surface area contributed by atoms with E-state index in [0.717, 1.165) is 5.92 Å². The number of rotatable bonds is 3. The van der Waals surface area contributed by atoms with Crippen LogP contribution in [0.2, 0.25) is 0 Å². The summed E-state index contributed by atoms with van der Waals surface area (Å²) < 4.78 is 3.86. The van der Waals surface area contributed by atoms with E-state index in [1.54, 1.807) is 0 Å². The molecule has 0 spiro atoms. The van der Waals surface area contributed by atoms with Gasteiger partial charge in [0.25, 0.3) is 6.47 Å². The van der Waals surface area contributed by atoms with E-state index in [1.165, 1.54) is 20.0 Å². The number of carbonyl (C=O) groups is 1. The Labute approximate surface area is 63.6 Å². The lowest BCUT2D eigenvalue weighted by Gasteiger charge is -1.95. The van der Waals surface area contributed by atoms with Gasteiger partial charge in [-0.3, -0.25) is 4.79 Å². The third kappa shape index (κ3) is 26.0. The summed E-state index contributed by atoms with van der Waals surface area (Å²) in [7, 11) is 1.31. The molecule has 2 nitrogen and oxygen atoms in total. The first-order chi connectivity index (χ1) is 4.68. The average molecular weight is 146 g/mol. The van der Waals surface area contributed by atoms with Gasteiger partial charge in [-0.2, -0.15) is 0 Å². The Balaban J connectivity index is 0. The first-order valence-electron chi connectivity index (χ1n) is 3.65. The second-order valence-corrected chi connectivity index (χ2v) is 2.51. The molecule has 0 aliphatic rings. The summed E-state index contributed by atoms with van der Waals surface area (Å²) in [5, 5.41) is 0. The summed E-state index contributed by atoms with van der Waals surface area (Å²) in [6.45, 7) is 7.10. The van der Waals surface area contributed by atoms with Crippen LogP contribution in [0.25, 0.3) is 0 Å². The fraction of sp³-hybridized carbons (Fsp3) is 0.875. The van der Waals surface area contributed by atoms with Crippen LogP contribution in [0.5, 0.6) is 0 Å². The summed E-state index contributed by atoms with van der Waals surface area (Å²) in [5.74, 6) is 0.898. The normalized spacial score (nSPS) is 8.10. The SMILES string of the molecule is CCCC(C)C.COC=O. The van der Waals surface area contributed by atoms with E-state index in [0.29, 0.717) is 6.47 Å². The third-order valence-corrected chi connectivity index (χ3v) is 0.962. The Morgan fingerprint density at radius 1 is 1.50 bits per heavy atom. The fourth-order valence-electron chi connectivity index (χ4n) is 0.577. The molecular weight excluding hydrogens is 128 g/mol. The van der Waals surface area contributed by atoms with Gasteiger partial charge in [0.05, 0.1) is 7.11 Å². The molecule has 0 atom stereocenters. The molecule has 0 aromatic carbocycles. The fourth-order valence-corrected chi connectivity index (χ4v) is 0.577. The van der Waals surface area contributed by atoms with Gasteiger partial charge in [0.1, 0.15) is 0 Å². The van der Waals surface area contributed by atoms with Crippen molar-refractivity contribution in [2.45, 2.75) is 33.6 Å². The molecule has 0 unspecified atom stereocenters. The first-order valence-corrected chi connectivity index (χ1v) is 3.65. The highest BCUT2D eigenvalue weighted by Crippen LogP contribution is 2.00. The van der Waals surface area contributed by atoms with Gasteiger partial charge in [-0.15, -0.1) is 0 Å². The first kappa shape index (κ1) is 12.2. The van der Waals surface area contributed by atoms with Crippen LogP contribution in [0.4, 0.5) is 0 Å². The van der Waals surface area contributed by atoms with Gasteiger partial charge in [-0.1, -0.05) is 33.6 Å². The average Bonchev–Trinajstić information content (AvgIpc) is 1.89. The van der Waals surface area contributed by atoms with Crippen LogP contribution in [0.1, 0.15) is 33.6 Å². The minimum atomic E-state index is 0.375. The monoisotopic (exact) mass is 146 g/mol. The molecule has 0 aliphatic carbocycles. The van der Waals surface area contributed by atoms with Crippen LogP contribution in [0, 0.1) is 5.92 Å². The van der Waals surface area contributed by atoms with E-state index in [-0.39, 0.29) is 0 Å². The molecule has 0 radical (unpaired) electrons. The molecule has 0 amide bonds. The highest BCUT2D eigenvalue weighted by Gasteiger charge is 1.85. The molecule has 62 valence electrons. The summed E-state index contributed by atoms with van der Waals surface area (Å²) >= 11 is 0. The van der Waals surface area contributed by atoms with Gasteiger partial charge in [0, 0.05) is 0 Å². The zero-order chi connectivity index (χ0) is 8.41. The molecule has 0 aliphatic heterocycles. The lowest BCUT2D eigenvalue weighted by molar-refractivity contribution is -0.126. The van der Waals surface area contributed by atoms with Crippen LogP contribution in [0.15, 0.2) is 0 Å². The van der Waals surface area contributed by atoms with E-state index in [9.17, 15) is 0 Å². The van der Waals surface area contributed by atoms with Crippen LogP contribution >= 0.6 is 0 Å². The minimum absolute atomic E-state index is 0.375. The predicted molar refractivity (Wildman–Crippen MR) is 42.8 cm³/mol. The summed E-state index contributed by atoms with van der Waals surface area (Å²) in [6.07, 6.45) is 2.71. The van der Waals surface area contributed by atoms with Crippen molar-refractivity contribution in [3.63, 3.8) is 0 Å². The highest BCUT2D eigenvalue weighted by atomic mass is 16.5. The van der Waals surface area contributed by atoms with Crippen molar-refractivity contribution in [1.82, 2.24) is 0 Å². The van der Waals surface area contributed by atoms with Gasteiger partial charge < -0.3 is 4.74 Å². The van der Waals surface area contributed by atoms with Crippen molar-refractivity contribution in [2.24, 2.45) is 5.92 Å². The quantitative estimate of drug-likeness (QED) is 0.571. The Hall–Kier alpha value is -0.530. The van der Waals surface area contributed by atoms with Crippen molar-refractivity contribution in [3.05, 3.63) is 0 Å². The second-order valence-electron chi connectivity index (χ2n) is 2.51. The van der Waals surface area contributed by atoms with Crippen LogP contribution in [-0.2, 0) is 9.53 Å². The van der Waals surface area contributed by atoms with Crippen LogP contribution < -0.4 is 0 Å². The molecule has 0 bridgehead atoms. The van der Waals surface area contributed by atoms with Crippen LogP contribution in [0.3, 0.4) is 0 Å². The summed E-state index contributed by atoms with van der Waals surface area (Å²) in [5.41, 5.74) is 0. The van der Waals surface area contributed by atoms with Crippen molar-refractivity contribution < 1.29 is 9.53 Å². The van der Waals surface area contributed by atoms with E-state index in [1.807, 2.05) is 0 Å². The molecule has 0 N–H and O–H groups in total. The van der Waals surface area contributed by atoms with E-state index >= 15 is 0 Å². The number of methoxy groups -OCH3 is 1. The Bertz CT molecular complexity index is 60.3. The lowest BCUT2D eigenvalue weighted by atomic mass is 10.1. The highest BCUT2D eigenvalue weighted by molar-refractivity contribution is 5.36. The lowest BCUT2D eigenvalue weighted by Crippen LogP contribution is -1.81. The van der Waals surface area contributed by atoms with Gasteiger partial charge in [-0.25, -0.2) is 0 Å². The minimum Gasteiger partial charge on any atom is -0.471 e. The Morgan fingerprint density at radius 3 is 1.90 bits per heavy atom.